The number of rotatable bonds is 12. The minimum Gasteiger partial charge on any atom is -0.489 e. The molecule has 0 saturated heterocycles. The maximum Gasteiger partial charge on any atom is 0.272 e. The van der Waals surface area contributed by atoms with Crippen LogP contribution in [0.5, 0.6) is 5.75 Å². The summed E-state index contributed by atoms with van der Waals surface area (Å²) in [6.45, 7) is 0.440. The molecule has 0 radical (unpaired) electrons. The Bertz CT molecular complexity index is 1780. The van der Waals surface area contributed by atoms with E-state index >= 15 is 0 Å². The third-order valence-electron chi connectivity index (χ3n) is 6.62. The summed E-state index contributed by atoms with van der Waals surface area (Å²) >= 11 is 4.80. The molecule has 0 aromatic heterocycles. The highest BCUT2D eigenvalue weighted by atomic mass is 79.9. The van der Waals surface area contributed by atoms with Gasteiger partial charge in [-0.2, -0.15) is 0 Å². The lowest BCUT2D eigenvalue weighted by Gasteiger charge is -2.12. The molecule has 8 heteroatoms. The molecule has 2 N–H and O–H groups in total. The van der Waals surface area contributed by atoms with E-state index in [4.69, 9.17) is 4.74 Å². The fourth-order valence-electron chi connectivity index (χ4n) is 4.21. The van der Waals surface area contributed by atoms with Gasteiger partial charge >= 0.3 is 0 Å². The molecule has 0 atom stereocenters. The number of carbonyl (C=O) groups excluding carboxylic acids is 3. The number of thioether (sulfide) groups is 1. The zero-order valence-electron chi connectivity index (χ0n) is 24.1. The zero-order valence-corrected chi connectivity index (χ0v) is 26.5. The first-order chi connectivity index (χ1) is 21.9. The van der Waals surface area contributed by atoms with Gasteiger partial charge in [-0.05, 0) is 77.9 Å². The van der Waals surface area contributed by atoms with Crippen molar-refractivity contribution in [1.82, 2.24) is 5.32 Å². The van der Waals surface area contributed by atoms with Gasteiger partial charge in [-0.3, -0.25) is 14.4 Å². The summed E-state index contributed by atoms with van der Waals surface area (Å²) in [6, 6.07) is 40.4. The Hall–Kier alpha value is -4.92. The second-order valence-electron chi connectivity index (χ2n) is 9.92. The minimum absolute atomic E-state index is 0.0320. The molecule has 0 aliphatic rings. The Morgan fingerprint density at radius 2 is 1.36 bits per heavy atom. The van der Waals surface area contributed by atoms with Gasteiger partial charge in [0.15, 0.2) is 5.78 Å². The third-order valence-corrected chi connectivity index (χ3v) is 8.16. The van der Waals surface area contributed by atoms with Crippen molar-refractivity contribution in [3.8, 4) is 5.75 Å². The molecule has 224 valence electrons. The average molecular weight is 678 g/mol. The maximum atomic E-state index is 13.4. The van der Waals surface area contributed by atoms with Gasteiger partial charge < -0.3 is 15.4 Å². The normalized spacial score (nSPS) is 11.0. The molecule has 6 nitrogen and oxygen atoms in total. The van der Waals surface area contributed by atoms with Gasteiger partial charge in [-0.15, -0.1) is 11.8 Å². The summed E-state index contributed by atoms with van der Waals surface area (Å²) in [7, 11) is 0. The Labute approximate surface area is 274 Å². The van der Waals surface area contributed by atoms with Crippen molar-refractivity contribution in [2.24, 2.45) is 0 Å². The molecule has 0 heterocycles. The van der Waals surface area contributed by atoms with Crippen LogP contribution in [0.1, 0.15) is 31.8 Å². The molecule has 0 bridgehead atoms. The lowest BCUT2D eigenvalue weighted by atomic mass is 10.1. The molecule has 0 fully saturated rings. The molecular formula is C37H29BrN2O4S. The second-order valence-corrected chi connectivity index (χ2v) is 11.9. The number of ketones is 1. The summed E-state index contributed by atoms with van der Waals surface area (Å²) in [6.07, 6.45) is 1.62. The molecule has 0 saturated carbocycles. The third kappa shape index (κ3) is 9.53. The fraction of sp³-hybridized carbons (Fsp3) is 0.0541. The van der Waals surface area contributed by atoms with Gasteiger partial charge in [-0.1, -0.05) is 88.7 Å². The molecule has 45 heavy (non-hydrogen) atoms. The monoisotopic (exact) mass is 676 g/mol. The van der Waals surface area contributed by atoms with E-state index in [9.17, 15) is 14.4 Å². The number of amides is 2. The van der Waals surface area contributed by atoms with Gasteiger partial charge in [0.1, 0.15) is 18.1 Å². The number of carbonyl (C=O) groups is 3. The standard InChI is InChI=1S/C37H29BrN2O4S/c38-30-15-13-28(14-16-30)35(41)25-45-33-21-17-31(18-22-33)39-37(43)34(40-36(42)29-9-5-2-6-10-29)23-26-11-19-32(20-12-26)44-24-27-7-3-1-4-8-27/h1-23H,24-25H2,(H,39,43)(H,40,42)/b34-23-. The van der Waals surface area contributed by atoms with E-state index in [2.05, 4.69) is 26.6 Å². The van der Waals surface area contributed by atoms with Crippen molar-refractivity contribution in [3.05, 3.63) is 166 Å². The molecular weight excluding hydrogens is 648 g/mol. The topological polar surface area (TPSA) is 84.5 Å². The van der Waals surface area contributed by atoms with Crippen molar-refractivity contribution < 1.29 is 19.1 Å². The molecule has 0 aliphatic carbocycles. The number of anilines is 1. The summed E-state index contributed by atoms with van der Waals surface area (Å²) in [5, 5.41) is 5.63. The van der Waals surface area contributed by atoms with E-state index in [1.807, 2.05) is 84.9 Å². The smallest absolute Gasteiger partial charge is 0.272 e. The summed E-state index contributed by atoms with van der Waals surface area (Å²) in [4.78, 5) is 39.8. The van der Waals surface area contributed by atoms with Crippen molar-refractivity contribution >= 4 is 57.1 Å². The molecule has 0 unspecified atom stereocenters. The first-order valence-corrected chi connectivity index (χ1v) is 15.9. The number of halogens is 1. The molecule has 0 spiro atoms. The fourth-order valence-corrected chi connectivity index (χ4v) is 5.27. The van der Waals surface area contributed by atoms with Gasteiger partial charge in [-0.25, -0.2) is 0 Å². The summed E-state index contributed by atoms with van der Waals surface area (Å²) < 4.78 is 6.80. The lowest BCUT2D eigenvalue weighted by Crippen LogP contribution is -2.30. The first kappa shape index (κ1) is 31.5. The number of hydrogen-bond acceptors (Lipinski definition) is 5. The second kappa shape index (κ2) is 15.7. The predicted octanol–water partition coefficient (Wildman–Crippen LogP) is 8.41. The van der Waals surface area contributed by atoms with Crippen LogP contribution in [-0.2, 0) is 11.4 Å². The number of benzene rings is 5. The molecule has 2 amide bonds. The van der Waals surface area contributed by atoms with Gasteiger partial charge in [0.25, 0.3) is 11.8 Å². The Kier molecular flexibility index (Phi) is 11.0. The van der Waals surface area contributed by atoms with Crippen LogP contribution >= 0.6 is 27.7 Å². The summed E-state index contributed by atoms with van der Waals surface area (Å²) in [5.74, 6) is 0.134. The van der Waals surface area contributed by atoms with E-state index in [0.29, 0.717) is 40.5 Å². The Morgan fingerprint density at radius 3 is 2.02 bits per heavy atom. The van der Waals surface area contributed by atoms with E-state index in [1.54, 1.807) is 54.6 Å². The Morgan fingerprint density at radius 1 is 0.711 bits per heavy atom. The first-order valence-electron chi connectivity index (χ1n) is 14.1. The predicted molar refractivity (Wildman–Crippen MR) is 183 cm³/mol. The highest BCUT2D eigenvalue weighted by Gasteiger charge is 2.15. The van der Waals surface area contributed by atoms with Crippen LogP contribution in [0.3, 0.4) is 0 Å². The van der Waals surface area contributed by atoms with Crippen molar-refractivity contribution in [2.45, 2.75) is 11.5 Å². The van der Waals surface area contributed by atoms with Crippen LogP contribution < -0.4 is 15.4 Å². The maximum absolute atomic E-state index is 13.4. The van der Waals surface area contributed by atoms with Gasteiger partial charge in [0.05, 0.1) is 5.75 Å². The largest absolute Gasteiger partial charge is 0.489 e. The number of Topliss-reactive ketones (excluding diaryl/α,β-unsaturated/α-hetero) is 1. The number of nitrogens with one attached hydrogen (secondary N) is 2. The molecule has 5 aromatic carbocycles. The van der Waals surface area contributed by atoms with E-state index < -0.39 is 11.8 Å². The molecule has 5 rings (SSSR count). The van der Waals surface area contributed by atoms with Crippen LogP contribution in [0, 0.1) is 0 Å². The molecule has 5 aromatic rings. The lowest BCUT2D eigenvalue weighted by molar-refractivity contribution is -0.113. The van der Waals surface area contributed by atoms with Crippen molar-refractivity contribution in [3.63, 3.8) is 0 Å². The van der Waals surface area contributed by atoms with Gasteiger partial charge in [0, 0.05) is 26.2 Å². The van der Waals surface area contributed by atoms with Crippen LogP contribution in [0.4, 0.5) is 5.69 Å². The van der Waals surface area contributed by atoms with Crippen LogP contribution in [0.15, 0.2) is 149 Å². The number of hydrogen-bond donors (Lipinski definition) is 2. The zero-order chi connectivity index (χ0) is 31.4. The van der Waals surface area contributed by atoms with E-state index in [0.717, 1.165) is 14.9 Å². The van der Waals surface area contributed by atoms with Crippen LogP contribution in [0.25, 0.3) is 6.08 Å². The number of ether oxygens (including phenoxy) is 1. The SMILES string of the molecule is O=C(Nc1ccc(SCC(=O)c2ccc(Br)cc2)cc1)/C(=C/c1ccc(OCc2ccccc2)cc1)NC(=O)c1ccccc1. The average Bonchev–Trinajstić information content (AvgIpc) is 3.08. The van der Waals surface area contributed by atoms with E-state index in [-0.39, 0.29) is 11.5 Å². The van der Waals surface area contributed by atoms with Crippen molar-refractivity contribution in [2.75, 3.05) is 11.1 Å². The summed E-state index contributed by atoms with van der Waals surface area (Å²) in [5.41, 5.74) is 3.49. The quantitative estimate of drug-likeness (QED) is 0.0787. The van der Waals surface area contributed by atoms with E-state index in [1.165, 1.54) is 11.8 Å². The Balaban J connectivity index is 1.25. The van der Waals surface area contributed by atoms with Crippen LogP contribution in [-0.4, -0.2) is 23.4 Å². The van der Waals surface area contributed by atoms with Crippen molar-refractivity contribution in [1.29, 1.82) is 0 Å². The highest BCUT2D eigenvalue weighted by Crippen LogP contribution is 2.23. The highest BCUT2D eigenvalue weighted by molar-refractivity contribution is 9.10. The van der Waals surface area contributed by atoms with Gasteiger partial charge in [0.2, 0.25) is 0 Å². The van der Waals surface area contributed by atoms with Crippen LogP contribution in [0.2, 0.25) is 0 Å². The minimum atomic E-state index is -0.477. The molecule has 0 aliphatic heterocycles.